The number of carbonyl (C=O) groups is 1. The van der Waals surface area contributed by atoms with Gasteiger partial charge in [0.1, 0.15) is 18.0 Å². The molecule has 1 aromatic rings. The summed E-state index contributed by atoms with van der Waals surface area (Å²) in [6.45, 7) is 3.96. The molecule has 1 aliphatic rings. The van der Waals surface area contributed by atoms with Gasteiger partial charge in [0.2, 0.25) is 5.91 Å². The zero-order valence-electron chi connectivity index (χ0n) is 10.6. The fourth-order valence-corrected chi connectivity index (χ4v) is 2.17. The van der Waals surface area contributed by atoms with Crippen molar-refractivity contribution in [3.8, 4) is 0 Å². The molecule has 98 valence electrons. The van der Waals surface area contributed by atoms with E-state index in [1.54, 1.807) is 0 Å². The fraction of sp³-hybridized carbons (Fsp3) is 0.583. The van der Waals surface area contributed by atoms with Crippen LogP contribution in [0.5, 0.6) is 0 Å². The van der Waals surface area contributed by atoms with Crippen molar-refractivity contribution in [3.63, 3.8) is 0 Å². The Bertz CT molecular complexity index is 434. The van der Waals surface area contributed by atoms with Crippen LogP contribution in [0.2, 0.25) is 0 Å². The summed E-state index contributed by atoms with van der Waals surface area (Å²) < 4.78 is 0. The van der Waals surface area contributed by atoms with Crippen LogP contribution in [-0.4, -0.2) is 35.5 Å². The van der Waals surface area contributed by atoms with Gasteiger partial charge in [-0.15, -0.1) is 0 Å². The molecule has 2 rings (SSSR count). The molecule has 1 amide bonds. The zero-order valence-corrected chi connectivity index (χ0v) is 10.6. The van der Waals surface area contributed by atoms with E-state index < -0.39 is 0 Å². The van der Waals surface area contributed by atoms with Gasteiger partial charge in [-0.1, -0.05) is 13.3 Å². The second-order valence-corrected chi connectivity index (χ2v) is 4.44. The van der Waals surface area contributed by atoms with Crippen LogP contribution in [0.4, 0.5) is 11.6 Å². The number of hydrogen-bond donors (Lipinski definition) is 2. The lowest BCUT2D eigenvalue weighted by Gasteiger charge is -2.23. The Balaban J connectivity index is 2.30. The Kier molecular flexibility index (Phi) is 3.96. The maximum Gasteiger partial charge on any atom is 0.239 e. The van der Waals surface area contributed by atoms with Gasteiger partial charge < -0.3 is 16.0 Å². The lowest BCUT2D eigenvalue weighted by molar-refractivity contribution is -0.119. The number of nitrogen functional groups attached to an aromatic ring is 1. The summed E-state index contributed by atoms with van der Waals surface area (Å²) in [4.78, 5) is 21.9. The molecule has 1 aliphatic heterocycles. The van der Waals surface area contributed by atoms with Gasteiger partial charge in [0.05, 0.1) is 6.54 Å². The zero-order chi connectivity index (χ0) is 13.0. The number of rotatable bonds is 3. The van der Waals surface area contributed by atoms with E-state index >= 15 is 0 Å². The number of hydrogen-bond acceptors (Lipinski definition) is 5. The maximum absolute atomic E-state index is 11.6. The Morgan fingerprint density at radius 1 is 1.50 bits per heavy atom. The molecule has 2 heterocycles. The minimum Gasteiger partial charge on any atom is -0.383 e. The van der Waals surface area contributed by atoms with E-state index in [0.29, 0.717) is 12.4 Å². The molecule has 0 spiro atoms. The highest BCUT2D eigenvalue weighted by Crippen LogP contribution is 2.23. The molecule has 0 aromatic carbocycles. The van der Waals surface area contributed by atoms with E-state index in [4.69, 9.17) is 5.73 Å². The van der Waals surface area contributed by atoms with E-state index in [1.807, 2.05) is 4.90 Å². The molecule has 0 radical (unpaired) electrons. The summed E-state index contributed by atoms with van der Waals surface area (Å²) in [7, 11) is 0. The Morgan fingerprint density at radius 2 is 2.33 bits per heavy atom. The third-order valence-electron chi connectivity index (χ3n) is 3.02. The predicted octanol–water partition coefficient (Wildman–Crippen LogP) is 0.338. The Hall–Kier alpha value is -1.85. The van der Waals surface area contributed by atoms with Crippen LogP contribution in [0.15, 0.2) is 6.33 Å². The van der Waals surface area contributed by atoms with Crippen LogP contribution in [0.25, 0.3) is 0 Å². The number of aromatic nitrogens is 2. The molecule has 0 aliphatic carbocycles. The van der Waals surface area contributed by atoms with Gasteiger partial charge in [0.15, 0.2) is 0 Å². The van der Waals surface area contributed by atoms with Gasteiger partial charge in [0.25, 0.3) is 0 Å². The van der Waals surface area contributed by atoms with Crippen LogP contribution in [0, 0.1) is 0 Å². The molecule has 3 N–H and O–H groups in total. The predicted molar refractivity (Wildman–Crippen MR) is 70.3 cm³/mol. The highest BCUT2D eigenvalue weighted by atomic mass is 16.2. The van der Waals surface area contributed by atoms with E-state index in [1.165, 1.54) is 6.33 Å². The van der Waals surface area contributed by atoms with Crippen molar-refractivity contribution in [3.05, 3.63) is 11.9 Å². The average Bonchev–Trinajstić information content (AvgIpc) is 2.57. The number of nitrogens with zero attached hydrogens (tertiary/aromatic N) is 3. The van der Waals surface area contributed by atoms with Crippen molar-refractivity contribution in [1.29, 1.82) is 0 Å². The first-order chi connectivity index (χ1) is 8.72. The van der Waals surface area contributed by atoms with Gasteiger partial charge in [-0.25, -0.2) is 9.97 Å². The lowest BCUT2D eigenvalue weighted by atomic mass is 10.1. The van der Waals surface area contributed by atoms with Gasteiger partial charge in [-0.05, 0) is 12.8 Å². The molecule has 1 aromatic heterocycles. The first-order valence-corrected chi connectivity index (χ1v) is 6.33. The summed E-state index contributed by atoms with van der Waals surface area (Å²) in [5.41, 5.74) is 6.86. The van der Waals surface area contributed by atoms with Crippen molar-refractivity contribution in [1.82, 2.24) is 15.3 Å². The average molecular weight is 249 g/mol. The standard InChI is InChI=1S/C12H19N5O/c1-2-4-9-11(13)15-8-16-12(9)17-6-3-5-14-10(18)7-17/h8H,2-7H2,1H3,(H,14,18)(H2,13,15,16). The summed E-state index contributed by atoms with van der Waals surface area (Å²) in [5.74, 6) is 1.36. The van der Waals surface area contributed by atoms with E-state index in [-0.39, 0.29) is 5.91 Å². The largest absolute Gasteiger partial charge is 0.383 e. The van der Waals surface area contributed by atoms with Gasteiger partial charge in [-0.2, -0.15) is 0 Å². The van der Waals surface area contributed by atoms with Gasteiger partial charge >= 0.3 is 0 Å². The summed E-state index contributed by atoms with van der Waals surface area (Å²) in [5, 5.41) is 2.86. The third-order valence-corrected chi connectivity index (χ3v) is 3.02. The number of nitrogens with two attached hydrogens (primary N) is 1. The SMILES string of the molecule is CCCc1c(N)ncnc1N1CCCNC(=O)C1. The smallest absolute Gasteiger partial charge is 0.239 e. The Morgan fingerprint density at radius 3 is 3.11 bits per heavy atom. The summed E-state index contributed by atoms with van der Waals surface area (Å²) in [6.07, 6.45) is 4.19. The summed E-state index contributed by atoms with van der Waals surface area (Å²) >= 11 is 0. The first kappa shape index (κ1) is 12.6. The van der Waals surface area contributed by atoms with Crippen LogP contribution < -0.4 is 16.0 Å². The van der Waals surface area contributed by atoms with E-state index in [9.17, 15) is 4.79 Å². The van der Waals surface area contributed by atoms with Crippen molar-refractivity contribution in [2.45, 2.75) is 26.2 Å². The first-order valence-electron chi connectivity index (χ1n) is 6.33. The number of amides is 1. The molecule has 0 bridgehead atoms. The number of carbonyl (C=O) groups excluding carboxylic acids is 1. The number of nitrogens with one attached hydrogen (secondary N) is 1. The molecule has 0 atom stereocenters. The van der Waals surface area contributed by atoms with E-state index in [0.717, 1.165) is 43.7 Å². The van der Waals surface area contributed by atoms with Crippen molar-refractivity contribution in [2.75, 3.05) is 30.3 Å². The molecule has 0 unspecified atom stereocenters. The molecule has 0 saturated carbocycles. The molecular weight excluding hydrogens is 230 g/mol. The molecule has 1 fully saturated rings. The molecule has 18 heavy (non-hydrogen) atoms. The monoisotopic (exact) mass is 249 g/mol. The van der Waals surface area contributed by atoms with Crippen LogP contribution in [0.3, 0.4) is 0 Å². The van der Waals surface area contributed by atoms with Crippen LogP contribution in [-0.2, 0) is 11.2 Å². The molecule has 1 saturated heterocycles. The quantitative estimate of drug-likeness (QED) is 0.807. The molecular formula is C12H19N5O. The van der Waals surface area contributed by atoms with E-state index in [2.05, 4.69) is 22.2 Å². The Labute approximate surface area is 107 Å². The second-order valence-electron chi connectivity index (χ2n) is 4.44. The van der Waals surface area contributed by atoms with Crippen molar-refractivity contribution in [2.24, 2.45) is 0 Å². The maximum atomic E-state index is 11.6. The van der Waals surface area contributed by atoms with Crippen molar-refractivity contribution >= 4 is 17.5 Å². The lowest BCUT2D eigenvalue weighted by Crippen LogP contribution is -2.34. The van der Waals surface area contributed by atoms with Gasteiger partial charge in [0, 0.05) is 18.7 Å². The highest BCUT2D eigenvalue weighted by molar-refractivity contribution is 5.81. The fourth-order valence-electron chi connectivity index (χ4n) is 2.17. The third kappa shape index (κ3) is 2.69. The molecule has 6 nitrogen and oxygen atoms in total. The van der Waals surface area contributed by atoms with Crippen molar-refractivity contribution < 1.29 is 4.79 Å². The number of anilines is 2. The highest BCUT2D eigenvalue weighted by Gasteiger charge is 2.20. The minimum atomic E-state index is 0.0344. The second kappa shape index (κ2) is 5.66. The topological polar surface area (TPSA) is 84.1 Å². The normalized spacial score (nSPS) is 16.3. The van der Waals surface area contributed by atoms with Gasteiger partial charge in [-0.3, -0.25) is 4.79 Å². The minimum absolute atomic E-state index is 0.0344. The van der Waals surface area contributed by atoms with Crippen LogP contribution >= 0.6 is 0 Å². The van der Waals surface area contributed by atoms with Crippen LogP contribution in [0.1, 0.15) is 25.3 Å². The molecule has 6 heteroatoms. The summed E-state index contributed by atoms with van der Waals surface area (Å²) in [6, 6.07) is 0.